The largest absolute Gasteiger partial charge is 0.489 e. The lowest BCUT2D eigenvalue weighted by molar-refractivity contribution is 0.0681. The van der Waals surface area contributed by atoms with Crippen molar-refractivity contribution in [3.63, 3.8) is 0 Å². The van der Waals surface area contributed by atoms with Gasteiger partial charge in [0, 0.05) is 12.7 Å². The summed E-state index contributed by atoms with van der Waals surface area (Å²) in [6.07, 6.45) is 3.42. The second kappa shape index (κ2) is 5.57. The van der Waals surface area contributed by atoms with Crippen molar-refractivity contribution in [1.82, 2.24) is 0 Å². The van der Waals surface area contributed by atoms with E-state index in [0.29, 0.717) is 12.4 Å². The zero-order valence-electron chi connectivity index (χ0n) is 9.19. The van der Waals surface area contributed by atoms with Crippen molar-refractivity contribution in [1.29, 1.82) is 0 Å². The van der Waals surface area contributed by atoms with Gasteiger partial charge in [-0.25, -0.2) is 9.18 Å². The molecule has 1 saturated heterocycles. The van der Waals surface area contributed by atoms with E-state index in [1.54, 1.807) is 0 Å². The SMILES string of the molecule is O=C=Nc1cc(F)ccc1OCC1CCCO1. The first-order valence-corrected chi connectivity index (χ1v) is 5.41. The number of benzene rings is 1. The molecule has 1 aliphatic rings. The molecule has 1 aromatic rings. The van der Waals surface area contributed by atoms with Crippen molar-refractivity contribution < 1.29 is 18.7 Å². The molecule has 0 aliphatic carbocycles. The lowest BCUT2D eigenvalue weighted by atomic mass is 10.2. The molecule has 1 unspecified atom stereocenters. The average Bonchev–Trinajstić information content (AvgIpc) is 2.81. The molecule has 17 heavy (non-hydrogen) atoms. The molecule has 0 N–H and O–H groups in total. The van der Waals surface area contributed by atoms with Crippen molar-refractivity contribution in [3.05, 3.63) is 24.0 Å². The van der Waals surface area contributed by atoms with E-state index in [-0.39, 0.29) is 11.8 Å². The predicted octanol–water partition coefficient (Wildman–Crippen LogP) is 2.35. The molecule has 0 radical (unpaired) electrons. The molecule has 1 heterocycles. The fourth-order valence-electron chi connectivity index (χ4n) is 1.71. The van der Waals surface area contributed by atoms with Gasteiger partial charge >= 0.3 is 0 Å². The van der Waals surface area contributed by atoms with Crippen LogP contribution in [0.4, 0.5) is 10.1 Å². The molecule has 0 aromatic heterocycles. The first-order valence-electron chi connectivity index (χ1n) is 5.41. The number of ether oxygens (including phenoxy) is 2. The van der Waals surface area contributed by atoms with Crippen molar-refractivity contribution in [2.45, 2.75) is 18.9 Å². The average molecular weight is 237 g/mol. The van der Waals surface area contributed by atoms with Crippen LogP contribution in [0, 0.1) is 5.82 Å². The zero-order valence-corrected chi connectivity index (χ0v) is 9.19. The van der Waals surface area contributed by atoms with Gasteiger partial charge in [-0.05, 0) is 25.0 Å². The molecule has 4 nitrogen and oxygen atoms in total. The molecule has 1 fully saturated rings. The summed E-state index contributed by atoms with van der Waals surface area (Å²) in [5.41, 5.74) is 0.151. The Morgan fingerprint density at radius 3 is 3.18 bits per heavy atom. The Hall–Kier alpha value is -1.71. The first kappa shape index (κ1) is 11.8. The van der Waals surface area contributed by atoms with Crippen LogP contribution in [0.5, 0.6) is 5.75 Å². The molecule has 0 spiro atoms. The minimum atomic E-state index is -0.469. The highest BCUT2D eigenvalue weighted by molar-refractivity contribution is 5.57. The maximum absolute atomic E-state index is 12.9. The van der Waals surface area contributed by atoms with Crippen molar-refractivity contribution >= 4 is 11.8 Å². The van der Waals surface area contributed by atoms with Crippen LogP contribution in [-0.4, -0.2) is 25.4 Å². The van der Waals surface area contributed by atoms with Crippen LogP contribution < -0.4 is 4.74 Å². The standard InChI is InChI=1S/C12H12FNO3/c13-9-3-4-12(11(6-9)14-8-15)17-7-10-2-1-5-16-10/h3-4,6,10H,1-2,5,7H2. The third kappa shape index (κ3) is 3.12. The minimum Gasteiger partial charge on any atom is -0.489 e. The molecular formula is C12H12FNO3. The van der Waals surface area contributed by atoms with Gasteiger partial charge < -0.3 is 9.47 Å². The lowest BCUT2D eigenvalue weighted by Gasteiger charge is -2.12. The fourth-order valence-corrected chi connectivity index (χ4v) is 1.71. The van der Waals surface area contributed by atoms with Gasteiger partial charge in [-0.2, -0.15) is 4.99 Å². The summed E-state index contributed by atoms with van der Waals surface area (Å²) in [5, 5.41) is 0. The van der Waals surface area contributed by atoms with Gasteiger partial charge in [-0.1, -0.05) is 0 Å². The molecule has 1 atom stereocenters. The molecule has 0 bridgehead atoms. The number of isocyanates is 1. The third-order valence-electron chi connectivity index (χ3n) is 2.54. The van der Waals surface area contributed by atoms with E-state index < -0.39 is 5.82 Å². The van der Waals surface area contributed by atoms with E-state index in [2.05, 4.69) is 4.99 Å². The maximum Gasteiger partial charge on any atom is 0.240 e. The molecule has 1 aliphatic heterocycles. The van der Waals surface area contributed by atoms with E-state index in [4.69, 9.17) is 9.47 Å². The summed E-state index contributed by atoms with van der Waals surface area (Å²) in [5.74, 6) is -0.103. The van der Waals surface area contributed by atoms with Gasteiger partial charge in [0.2, 0.25) is 6.08 Å². The number of halogens is 1. The Morgan fingerprint density at radius 1 is 1.59 bits per heavy atom. The lowest BCUT2D eigenvalue weighted by Crippen LogP contribution is -2.16. The van der Waals surface area contributed by atoms with Gasteiger partial charge in [0.15, 0.2) is 0 Å². The van der Waals surface area contributed by atoms with Gasteiger partial charge in [0.1, 0.15) is 23.9 Å². The Kier molecular flexibility index (Phi) is 3.85. The summed E-state index contributed by atoms with van der Waals surface area (Å²) < 4.78 is 23.8. The predicted molar refractivity (Wildman–Crippen MR) is 58.7 cm³/mol. The van der Waals surface area contributed by atoms with Crippen LogP contribution >= 0.6 is 0 Å². The Morgan fingerprint density at radius 2 is 2.47 bits per heavy atom. The van der Waals surface area contributed by atoms with Gasteiger partial charge in [0.05, 0.1) is 6.10 Å². The maximum atomic E-state index is 12.9. The molecule has 0 saturated carbocycles. The van der Waals surface area contributed by atoms with E-state index in [0.717, 1.165) is 25.5 Å². The fraction of sp³-hybridized carbons (Fsp3) is 0.417. The first-order chi connectivity index (χ1) is 8.29. The second-order valence-corrected chi connectivity index (χ2v) is 3.76. The third-order valence-corrected chi connectivity index (χ3v) is 2.54. The summed E-state index contributed by atoms with van der Waals surface area (Å²) in [4.78, 5) is 13.6. The van der Waals surface area contributed by atoms with Crippen LogP contribution in [0.3, 0.4) is 0 Å². The highest BCUT2D eigenvalue weighted by atomic mass is 19.1. The van der Waals surface area contributed by atoms with Gasteiger partial charge in [-0.3, -0.25) is 0 Å². The molecule has 0 amide bonds. The van der Waals surface area contributed by atoms with Gasteiger partial charge in [0.25, 0.3) is 0 Å². The number of carbonyl (C=O) groups excluding carboxylic acids is 1. The van der Waals surface area contributed by atoms with Gasteiger partial charge in [-0.15, -0.1) is 0 Å². The molecule has 2 rings (SSSR count). The summed E-state index contributed by atoms with van der Waals surface area (Å²) in [7, 11) is 0. The van der Waals surface area contributed by atoms with E-state index in [9.17, 15) is 9.18 Å². The smallest absolute Gasteiger partial charge is 0.240 e. The number of hydrogen-bond acceptors (Lipinski definition) is 4. The normalized spacial score (nSPS) is 18.8. The van der Waals surface area contributed by atoms with Crippen LogP contribution in [0.2, 0.25) is 0 Å². The number of aliphatic imine (C=N–C) groups is 1. The number of nitrogens with zero attached hydrogens (tertiary/aromatic N) is 1. The van der Waals surface area contributed by atoms with Crippen LogP contribution in [0.25, 0.3) is 0 Å². The number of hydrogen-bond donors (Lipinski definition) is 0. The summed E-state index contributed by atoms with van der Waals surface area (Å²) >= 11 is 0. The van der Waals surface area contributed by atoms with Crippen LogP contribution in [0.15, 0.2) is 23.2 Å². The molecular weight excluding hydrogens is 225 g/mol. The van der Waals surface area contributed by atoms with Crippen molar-refractivity contribution in [3.8, 4) is 5.75 Å². The minimum absolute atomic E-state index is 0.0631. The van der Waals surface area contributed by atoms with E-state index >= 15 is 0 Å². The van der Waals surface area contributed by atoms with Crippen LogP contribution in [-0.2, 0) is 9.53 Å². The summed E-state index contributed by atoms with van der Waals surface area (Å²) in [6.45, 7) is 1.13. The zero-order chi connectivity index (χ0) is 12.1. The Bertz CT molecular complexity index is 437. The molecule has 1 aromatic carbocycles. The topological polar surface area (TPSA) is 47.9 Å². The van der Waals surface area contributed by atoms with Crippen molar-refractivity contribution in [2.24, 2.45) is 4.99 Å². The Balaban J connectivity index is 2.05. The quantitative estimate of drug-likeness (QED) is 0.596. The second-order valence-electron chi connectivity index (χ2n) is 3.76. The monoisotopic (exact) mass is 237 g/mol. The number of rotatable bonds is 4. The highest BCUT2D eigenvalue weighted by Gasteiger charge is 2.16. The van der Waals surface area contributed by atoms with E-state index in [1.807, 2.05) is 0 Å². The van der Waals surface area contributed by atoms with Crippen molar-refractivity contribution in [2.75, 3.05) is 13.2 Å². The van der Waals surface area contributed by atoms with E-state index in [1.165, 1.54) is 18.2 Å². The Labute approximate surface area is 98.1 Å². The molecule has 5 heteroatoms. The highest BCUT2D eigenvalue weighted by Crippen LogP contribution is 2.28. The summed E-state index contributed by atoms with van der Waals surface area (Å²) in [6, 6.07) is 3.84. The molecule has 90 valence electrons. The van der Waals surface area contributed by atoms with Crippen LogP contribution in [0.1, 0.15) is 12.8 Å².